The lowest BCUT2D eigenvalue weighted by Crippen LogP contribution is -2.12. The Kier molecular flexibility index (Phi) is 4.08. The van der Waals surface area contributed by atoms with Gasteiger partial charge in [0.2, 0.25) is 5.89 Å². The van der Waals surface area contributed by atoms with Crippen LogP contribution in [0.4, 0.5) is 4.39 Å². The van der Waals surface area contributed by atoms with Gasteiger partial charge in [0.05, 0.1) is 9.92 Å². The van der Waals surface area contributed by atoms with Gasteiger partial charge in [-0.3, -0.25) is 0 Å². The van der Waals surface area contributed by atoms with Gasteiger partial charge in [-0.1, -0.05) is 37.5 Å². The molecule has 5 nitrogen and oxygen atoms in total. The highest BCUT2D eigenvalue weighted by Crippen LogP contribution is 2.23. The average Bonchev–Trinajstić information content (AvgIpc) is 2.80. The third kappa shape index (κ3) is 3.59. The number of aromatic nitrogens is 2. The summed E-state index contributed by atoms with van der Waals surface area (Å²) in [4.78, 5) is 3.98. The first-order valence-corrected chi connectivity index (χ1v) is 8.13. The third-order valence-corrected chi connectivity index (χ3v) is 4.58. The van der Waals surface area contributed by atoms with Gasteiger partial charge in [0.15, 0.2) is 15.7 Å². The van der Waals surface area contributed by atoms with E-state index in [1.54, 1.807) is 0 Å². The zero-order chi connectivity index (χ0) is 15.8. The number of nitrogens with zero attached hydrogens (tertiary/aromatic N) is 2. The molecule has 114 valence electrons. The fraction of sp³-hybridized carbons (Fsp3) is 0.385. The molecule has 0 aliphatic heterocycles. The lowest BCUT2D eigenvalue weighted by atomic mass is 9.97. The van der Waals surface area contributed by atoms with E-state index in [1.165, 1.54) is 0 Å². The Labute approximate surface area is 127 Å². The molecule has 0 saturated carbocycles. The van der Waals surface area contributed by atoms with Gasteiger partial charge in [-0.25, -0.2) is 12.8 Å². The van der Waals surface area contributed by atoms with E-state index in [0.29, 0.717) is 5.89 Å². The molecule has 0 aliphatic rings. The molecular formula is C13H14ClFN2O3S. The van der Waals surface area contributed by atoms with E-state index in [2.05, 4.69) is 10.1 Å². The van der Waals surface area contributed by atoms with E-state index in [4.69, 9.17) is 16.1 Å². The quantitative estimate of drug-likeness (QED) is 0.807. The molecule has 0 unspecified atom stereocenters. The summed E-state index contributed by atoms with van der Waals surface area (Å²) < 4.78 is 42.6. The van der Waals surface area contributed by atoms with Crippen LogP contribution in [0.1, 0.15) is 32.5 Å². The Morgan fingerprint density at radius 3 is 2.52 bits per heavy atom. The molecule has 0 N–H and O–H groups in total. The van der Waals surface area contributed by atoms with Crippen LogP contribution in [0.2, 0.25) is 5.02 Å². The minimum Gasteiger partial charge on any atom is -0.339 e. The molecule has 21 heavy (non-hydrogen) atoms. The SMILES string of the molecule is CC(C)(C)c1nc(CS(=O)(=O)c2ccc(F)c(Cl)c2)no1. The van der Waals surface area contributed by atoms with Gasteiger partial charge in [0.1, 0.15) is 11.6 Å². The van der Waals surface area contributed by atoms with Crippen molar-refractivity contribution in [2.75, 3.05) is 0 Å². The van der Waals surface area contributed by atoms with Gasteiger partial charge in [-0.2, -0.15) is 4.98 Å². The predicted molar refractivity (Wildman–Crippen MR) is 75.3 cm³/mol. The molecule has 1 aromatic carbocycles. The maximum absolute atomic E-state index is 13.1. The third-order valence-electron chi connectivity index (χ3n) is 2.68. The van der Waals surface area contributed by atoms with E-state index in [9.17, 15) is 12.8 Å². The van der Waals surface area contributed by atoms with Gasteiger partial charge < -0.3 is 4.52 Å². The highest BCUT2D eigenvalue weighted by molar-refractivity contribution is 7.90. The Morgan fingerprint density at radius 1 is 1.33 bits per heavy atom. The molecule has 8 heteroatoms. The highest BCUT2D eigenvalue weighted by atomic mass is 35.5. The minimum absolute atomic E-state index is 0.0559. The van der Waals surface area contributed by atoms with Crippen LogP contribution in [0.5, 0.6) is 0 Å². The molecule has 0 aliphatic carbocycles. The second-order valence-corrected chi connectivity index (χ2v) is 8.00. The van der Waals surface area contributed by atoms with Crippen molar-refractivity contribution >= 4 is 21.4 Å². The van der Waals surface area contributed by atoms with Crippen molar-refractivity contribution in [1.29, 1.82) is 0 Å². The molecule has 0 spiro atoms. The first kappa shape index (κ1) is 15.9. The molecular weight excluding hydrogens is 319 g/mol. The van der Waals surface area contributed by atoms with E-state index in [0.717, 1.165) is 18.2 Å². The van der Waals surface area contributed by atoms with Crippen LogP contribution in [-0.4, -0.2) is 18.6 Å². The molecule has 2 rings (SSSR count). The maximum atomic E-state index is 13.1. The molecule has 0 bridgehead atoms. The van der Waals surface area contributed by atoms with Crippen molar-refractivity contribution < 1.29 is 17.3 Å². The lowest BCUT2D eigenvalue weighted by Gasteiger charge is -2.10. The molecule has 0 radical (unpaired) electrons. The zero-order valence-corrected chi connectivity index (χ0v) is 13.3. The first-order valence-electron chi connectivity index (χ1n) is 6.10. The summed E-state index contributed by atoms with van der Waals surface area (Å²) >= 11 is 5.60. The molecule has 1 heterocycles. The topological polar surface area (TPSA) is 73.1 Å². The molecule has 0 atom stereocenters. The van der Waals surface area contributed by atoms with Gasteiger partial charge in [-0.15, -0.1) is 0 Å². The molecule has 0 saturated heterocycles. The van der Waals surface area contributed by atoms with Crippen molar-refractivity contribution in [3.05, 3.63) is 40.8 Å². The smallest absolute Gasteiger partial charge is 0.232 e. The fourth-order valence-electron chi connectivity index (χ4n) is 1.54. The molecule has 2 aromatic rings. The van der Waals surface area contributed by atoms with Crippen molar-refractivity contribution in [2.45, 2.75) is 36.8 Å². The largest absolute Gasteiger partial charge is 0.339 e. The van der Waals surface area contributed by atoms with Gasteiger partial charge in [-0.05, 0) is 18.2 Å². The summed E-state index contributed by atoms with van der Waals surface area (Å²) in [5, 5.41) is 3.41. The fourth-order valence-corrected chi connectivity index (χ4v) is 2.98. The summed E-state index contributed by atoms with van der Waals surface area (Å²) in [6, 6.07) is 3.23. The first-order chi connectivity index (χ1) is 9.59. The van der Waals surface area contributed by atoms with Gasteiger partial charge in [0.25, 0.3) is 0 Å². The second-order valence-electron chi connectivity index (χ2n) is 5.60. The van der Waals surface area contributed by atoms with Crippen LogP contribution in [0, 0.1) is 5.82 Å². The number of halogens is 2. The number of hydrogen-bond donors (Lipinski definition) is 0. The van der Waals surface area contributed by atoms with Gasteiger partial charge >= 0.3 is 0 Å². The number of benzene rings is 1. The molecule has 1 aromatic heterocycles. The summed E-state index contributed by atoms with van der Waals surface area (Å²) in [7, 11) is -3.72. The van der Waals surface area contributed by atoms with Gasteiger partial charge in [0, 0.05) is 5.41 Å². The highest BCUT2D eigenvalue weighted by Gasteiger charge is 2.25. The van der Waals surface area contributed by atoms with Crippen molar-refractivity contribution in [3.63, 3.8) is 0 Å². The van der Waals surface area contributed by atoms with Crippen LogP contribution < -0.4 is 0 Å². The zero-order valence-electron chi connectivity index (χ0n) is 11.7. The van der Waals surface area contributed by atoms with Crippen LogP contribution in [0.3, 0.4) is 0 Å². The summed E-state index contributed by atoms with van der Waals surface area (Å²) in [5.74, 6) is -0.704. The van der Waals surface area contributed by atoms with E-state index in [-0.39, 0.29) is 21.2 Å². The van der Waals surface area contributed by atoms with E-state index in [1.807, 2.05) is 20.8 Å². The lowest BCUT2D eigenvalue weighted by molar-refractivity contribution is 0.319. The maximum Gasteiger partial charge on any atom is 0.232 e. The van der Waals surface area contributed by atoms with Crippen LogP contribution in [0.15, 0.2) is 27.6 Å². The Bertz CT molecular complexity index is 766. The van der Waals surface area contributed by atoms with Crippen LogP contribution >= 0.6 is 11.6 Å². The summed E-state index contributed by atoms with van der Waals surface area (Å²) in [6.07, 6.45) is 0. The average molecular weight is 333 g/mol. The molecule has 0 amide bonds. The standard InChI is InChI=1S/C13H14ClFN2O3S/c1-13(2,3)12-16-11(17-20-12)7-21(18,19)8-4-5-10(15)9(14)6-8/h4-6H,7H2,1-3H3. The summed E-state index contributed by atoms with van der Waals surface area (Å²) in [5.41, 5.74) is -0.367. The van der Waals surface area contributed by atoms with Crippen molar-refractivity contribution in [3.8, 4) is 0 Å². The number of hydrogen-bond acceptors (Lipinski definition) is 5. The second kappa shape index (κ2) is 5.38. The molecule has 0 fully saturated rings. The van der Waals surface area contributed by atoms with Crippen molar-refractivity contribution in [2.24, 2.45) is 0 Å². The monoisotopic (exact) mass is 332 g/mol. The Morgan fingerprint density at radius 2 is 2.00 bits per heavy atom. The minimum atomic E-state index is -3.72. The normalized spacial score (nSPS) is 12.6. The summed E-state index contributed by atoms with van der Waals surface area (Å²) in [6.45, 7) is 5.62. The number of rotatable bonds is 3. The predicted octanol–water partition coefficient (Wildman–Crippen LogP) is 3.13. The Hall–Kier alpha value is -1.47. The van der Waals surface area contributed by atoms with E-state index < -0.39 is 21.4 Å². The number of sulfone groups is 1. The van der Waals surface area contributed by atoms with Crippen LogP contribution in [-0.2, 0) is 21.0 Å². The Balaban J connectivity index is 2.29. The van der Waals surface area contributed by atoms with Crippen LogP contribution in [0.25, 0.3) is 0 Å². The van der Waals surface area contributed by atoms with E-state index >= 15 is 0 Å². The van der Waals surface area contributed by atoms with Crippen molar-refractivity contribution in [1.82, 2.24) is 10.1 Å².